The Morgan fingerprint density at radius 3 is 2.46 bits per heavy atom. The standard InChI is InChI=1S/C19H20Cl2N2O/c1-14-4-2-5-15(12-14)13-18(24)23-10-8-22(9-11-23)17-7-3-6-16(20)19(17)21/h2-7,12H,8-11,13H2,1H3. The number of benzene rings is 2. The van der Waals surface area contributed by atoms with E-state index in [9.17, 15) is 4.79 Å². The second kappa shape index (κ2) is 7.45. The van der Waals surface area contributed by atoms with Crippen LogP contribution in [-0.4, -0.2) is 37.0 Å². The Kier molecular flexibility index (Phi) is 5.32. The van der Waals surface area contributed by atoms with Crippen molar-refractivity contribution in [2.75, 3.05) is 31.1 Å². The first-order chi connectivity index (χ1) is 11.5. The third kappa shape index (κ3) is 3.85. The summed E-state index contributed by atoms with van der Waals surface area (Å²) in [6.45, 7) is 4.97. The van der Waals surface area contributed by atoms with Gasteiger partial charge in [0, 0.05) is 26.2 Å². The van der Waals surface area contributed by atoms with Crippen LogP contribution >= 0.6 is 23.2 Å². The van der Waals surface area contributed by atoms with Crippen molar-refractivity contribution < 1.29 is 4.79 Å². The molecule has 0 aromatic heterocycles. The molecule has 24 heavy (non-hydrogen) atoms. The van der Waals surface area contributed by atoms with E-state index in [-0.39, 0.29) is 5.91 Å². The van der Waals surface area contributed by atoms with Gasteiger partial charge in [0.1, 0.15) is 0 Å². The zero-order valence-electron chi connectivity index (χ0n) is 13.6. The maximum Gasteiger partial charge on any atom is 0.227 e. The van der Waals surface area contributed by atoms with Crippen molar-refractivity contribution in [1.82, 2.24) is 4.90 Å². The van der Waals surface area contributed by atoms with Gasteiger partial charge in [-0.25, -0.2) is 0 Å². The van der Waals surface area contributed by atoms with Gasteiger partial charge in [0.25, 0.3) is 0 Å². The predicted octanol–water partition coefficient (Wildman–Crippen LogP) is 4.19. The molecule has 1 aliphatic heterocycles. The Labute approximate surface area is 152 Å². The van der Waals surface area contributed by atoms with Crippen molar-refractivity contribution in [2.24, 2.45) is 0 Å². The number of hydrogen-bond donors (Lipinski definition) is 0. The van der Waals surface area contributed by atoms with Crippen molar-refractivity contribution in [1.29, 1.82) is 0 Å². The molecule has 0 unspecified atom stereocenters. The highest BCUT2D eigenvalue weighted by Gasteiger charge is 2.23. The van der Waals surface area contributed by atoms with Crippen LogP contribution in [0.5, 0.6) is 0 Å². The molecule has 0 radical (unpaired) electrons. The van der Waals surface area contributed by atoms with Crippen molar-refractivity contribution in [3.05, 3.63) is 63.6 Å². The number of aryl methyl sites for hydroxylation is 1. The van der Waals surface area contributed by atoms with Gasteiger partial charge in [-0.2, -0.15) is 0 Å². The van der Waals surface area contributed by atoms with Crippen LogP contribution in [0.15, 0.2) is 42.5 Å². The van der Waals surface area contributed by atoms with Gasteiger partial charge >= 0.3 is 0 Å². The van der Waals surface area contributed by atoms with E-state index in [2.05, 4.69) is 11.0 Å². The van der Waals surface area contributed by atoms with Crippen molar-refractivity contribution in [3.8, 4) is 0 Å². The van der Waals surface area contributed by atoms with Crippen LogP contribution in [0, 0.1) is 6.92 Å². The number of halogens is 2. The van der Waals surface area contributed by atoms with E-state index < -0.39 is 0 Å². The van der Waals surface area contributed by atoms with Crippen LogP contribution in [-0.2, 0) is 11.2 Å². The predicted molar refractivity (Wildman–Crippen MR) is 100 cm³/mol. The quantitative estimate of drug-likeness (QED) is 0.816. The van der Waals surface area contributed by atoms with Crippen LogP contribution in [0.1, 0.15) is 11.1 Å². The number of anilines is 1. The molecule has 2 aromatic carbocycles. The van der Waals surface area contributed by atoms with Gasteiger partial charge in [0.05, 0.1) is 22.2 Å². The van der Waals surface area contributed by atoms with Gasteiger partial charge in [-0.15, -0.1) is 0 Å². The van der Waals surface area contributed by atoms with Gasteiger partial charge < -0.3 is 9.80 Å². The fourth-order valence-corrected chi connectivity index (χ4v) is 3.46. The topological polar surface area (TPSA) is 23.6 Å². The summed E-state index contributed by atoms with van der Waals surface area (Å²) >= 11 is 12.4. The van der Waals surface area contributed by atoms with E-state index in [1.54, 1.807) is 6.07 Å². The minimum absolute atomic E-state index is 0.178. The second-order valence-electron chi connectivity index (χ2n) is 6.11. The Balaban J connectivity index is 1.60. The lowest BCUT2D eigenvalue weighted by Crippen LogP contribution is -2.49. The minimum atomic E-state index is 0.178. The molecule has 1 aliphatic rings. The fraction of sp³-hybridized carbons (Fsp3) is 0.316. The zero-order chi connectivity index (χ0) is 17.1. The molecular formula is C19H20Cl2N2O. The van der Waals surface area contributed by atoms with E-state index in [1.807, 2.05) is 42.2 Å². The molecule has 126 valence electrons. The van der Waals surface area contributed by atoms with Crippen LogP contribution in [0.4, 0.5) is 5.69 Å². The van der Waals surface area contributed by atoms with Gasteiger partial charge in [-0.3, -0.25) is 4.79 Å². The Bertz CT molecular complexity index is 740. The highest BCUT2D eigenvalue weighted by molar-refractivity contribution is 6.43. The number of carbonyl (C=O) groups is 1. The van der Waals surface area contributed by atoms with E-state index in [0.29, 0.717) is 29.6 Å². The lowest BCUT2D eigenvalue weighted by atomic mass is 10.1. The highest BCUT2D eigenvalue weighted by Crippen LogP contribution is 2.32. The molecule has 0 N–H and O–H groups in total. The van der Waals surface area contributed by atoms with Gasteiger partial charge in [0.2, 0.25) is 5.91 Å². The monoisotopic (exact) mass is 362 g/mol. The molecule has 3 nitrogen and oxygen atoms in total. The molecule has 0 bridgehead atoms. The number of nitrogens with zero attached hydrogens (tertiary/aromatic N) is 2. The molecule has 1 heterocycles. The zero-order valence-corrected chi connectivity index (χ0v) is 15.1. The number of hydrogen-bond acceptors (Lipinski definition) is 2. The van der Waals surface area contributed by atoms with E-state index in [0.717, 1.165) is 24.3 Å². The van der Waals surface area contributed by atoms with Gasteiger partial charge in [-0.1, -0.05) is 59.1 Å². The summed E-state index contributed by atoms with van der Waals surface area (Å²) in [5, 5.41) is 1.14. The maximum absolute atomic E-state index is 12.5. The number of rotatable bonds is 3. The molecule has 5 heteroatoms. The summed E-state index contributed by atoms with van der Waals surface area (Å²) in [5.74, 6) is 0.178. The first-order valence-corrected chi connectivity index (χ1v) is 8.82. The van der Waals surface area contributed by atoms with Crippen LogP contribution in [0.2, 0.25) is 10.0 Å². The number of piperazine rings is 1. The molecule has 1 fully saturated rings. The SMILES string of the molecule is Cc1cccc(CC(=O)N2CCN(c3cccc(Cl)c3Cl)CC2)c1. The Morgan fingerprint density at radius 2 is 1.75 bits per heavy atom. The third-order valence-corrected chi connectivity index (χ3v) is 5.15. The number of carbonyl (C=O) groups excluding carboxylic acids is 1. The van der Waals surface area contributed by atoms with Gasteiger partial charge in [0.15, 0.2) is 0 Å². The number of amides is 1. The summed E-state index contributed by atoms with van der Waals surface area (Å²) in [4.78, 5) is 16.6. The van der Waals surface area contributed by atoms with Crippen LogP contribution in [0.3, 0.4) is 0 Å². The summed E-state index contributed by atoms with van der Waals surface area (Å²) in [7, 11) is 0. The van der Waals surface area contributed by atoms with Crippen LogP contribution in [0.25, 0.3) is 0 Å². The average Bonchev–Trinajstić information content (AvgIpc) is 2.57. The molecule has 1 amide bonds. The maximum atomic E-state index is 12.5. The molecular weight excluding hydrogens is 343 g/mol. The largest absolute Gasteiger partial charge is 0.367 e. The lowest BCUT2D eigenvalue weighted by Gasteiger charge is -2.36. The lowest BCUT2D eigenvalue weighted by molar-refractivity contribution is -0.130. The van der Waals surface area contributed by atoms with E-state index in [4.69, 9.17) is 23.2 Å². The molecule has 0 spiro atoms. The minimum Gasteiger partial charge on any atom is -0.367 e. The van der Waals surface area contributed by atoms with Crippen LogP contribution < -0.4 is 4.90 Å². The molecule has 0 aliphatic carbocycles. The smallest absolute Gasteiger partial charge is 0.227 e. The van der Waals surface area contributed by atoms with Crippen molar-refractivity contribution >= 4 is 34.8 Å². The van der Waals surface area contributed by atoms with E-state index in [1.165, 1.54) is 5.56 Å². The average molecular weight is 363 g/mol. The first-order valence-electron chi connectivity index (χ1n) is 8.07. The Hall–Kier alpha value is -1.71. The van der Waals surface area contributed by atoms with Gasteiger partial charge in [-0.05, 0) is 24.6 Å². The Morgan fingerprint density at radius 1 is 1.04 bits per heavy atom. The summed E-state index contributed by atoms with van der Waals surface area (Å²) < 4.78 is 0. The molecule has 0 saturated carbocycles. The third-order valence-electron chi connectivity index (χ3n) is 4.34. The summed E-state index contributed by atoms with van der Waals surface area (Å²) in [6.07, 6.45) is 0.458. The summed E-state index contributed by atoms with van der Waals surface area (Å²) in [5.41, 5.74) is 3.19. The molecule has 1 saturated heterocycles. The molecule has 2 aromatic rings. The summed E-state index contributed by atoms with van der Waals surface area (Å²) in [6, 6.07) is 13.8. The van der Waals surface area contributed by atoms with Crippen molar-refractivity contribution in [2.45, 2.75) is 13.3 Å². The molecule has 0 atom stereocenters. The second-order valence-corrected chi connectivity index (χ2v) is 6.89. The molecule has 3 rings (SSSR count). The first kappa shape index (κ1) is 17.1. The highest BCUT2D eigenvalue weighted by atomic mass is 35.5. The van der Waals surface area contributed by atoms with E-state index >= 15 is 0 Å². The normalized spacial score (nSPS) is 14.8. The van der Waals surface area contributed by atoms with Crippen molar-refractivity contribution in [3.63, 3.8) is 0 Å². The fourth-order valence-electron chi connectivity index (χ4n) is 3.04.